The topological polar surface area (TPSA) is 114 Å². The molecule has 0 radical (unpaired) electrons. The number of hydrogen-bond acceptors (Lipinski definition) is 5. The number of carbonyl (C=O) groups excluding carboxylic acids is 2. The van der Waals surface area contributed by atoms with Crippen LogP contribution < -0.4 is 10.6 Å². The first-order valence-electron chi connectivity index (χ1n) is 10.7. The molecule has 2 aromatic rings. The van der Waals surface area contributed by atoms with Crippen molar-refractivity contribution in [3.8, 4) is 11.1 Å². The molecule has 2 aromatic carbocycles. The van der Waals surface area contributed by atoms with Gasteiger partial charge in [-0.2, -0.15) is 0 Å². The van der Waals surface area contributed by atoms with Crippen molar-refractivity contribution in [2.24, 2.45) is 5.92 Å². The van der Waals surface area contributed by atoms with E-state index in [-0.39, 0.29) is 18.4 Å². The molecule has 8 heteroatoms. The van der Waals surface area contributed by atoms with E-state index in [1.807, 2.05) is 48.5 Å². The fourth-order valence-electron chi connectivity index (χ4n) is 4.28. The van der Waals surface area contributed by atoms with Gasteiger partial charge in [-0.25, -0.2) is 4.79 Å². The molecule has 1 fully saturated rings. The molecule has 1 aliphatic carbocycles. The molecule has 0 aromatic heterocycles. The van der Waals surface area contributed by atoms with E-state index in [4.69, 9.17) is 14.6 Å². The van der Waals surface area contributed by atoms with Crippen LogP contribution in [0.25, 0.3) is 11.1 Å². The van der Waals surface area contributed by atoms with Gasteiger partial charge in [0.15, 0.2) is 0 Å². The highest BCUT2D eigenvalue weighted by Gasteiger charge is 2.30. The number of carboxylic acids is 1. The first-order valence-corrected chi connectivity index (χ1v) is 10.7. The number of fused-ring (bicyclic) bond motifs is 3. The molecule has 2 aliphatic rings. The van der Waals surface area contributed by atoms with Gasteiger partial charge in [-0.1, -0.05) is 48.5 Å². The largest absolute Gasteiger partial charge is 0.481 e. The number of alkyl carbamates (subject to hydrolysis) is 1. The van der Waals surface area contributed by atoms with Gasteiger partial charge in [0.1, 0.15) is 12.6 Å². The van der Waals surface area contributed by atoms with Crippen LogP contribution in [0.1, 0.15) is 29.9 Å². The summed E-state index contributed by atoms with van der Waals surface area (Å²) in [6, 6.07) is 14.7. The van der Waals surface area contributed by atoms with Gasteiger partial charge in [0.25, 0.3) is 0 Å². The van der Waals surface area contributed by atoms with Crippen LogP contribution in [0.5, 0.6) is 0 Å². The van der Waals surface area contributed by atoms with Crippen LogP contribution in [-0.2, 0) is 19.1 Å². The molecular weight excluding hydrogens is 412 g/mol. The maximum Gasteiger partial charge on any atom is 0.407 e. The SMILES string of the molecule is O=C(O)CC(NC(=O)OCC1c2ccccc2-c2ccccc21)C(=O)NCC1CCOC1. The van der Waals surface area contributed by atoms with Gasteiger partial charge >= 0.3 is 12.1 Å². The standard InChI is InChI=1S/C24H26N2O6/c27-22(28)11-21(23(29)25-12-15-9-10-31-13-15)26-24(30)32-14-20-18-7-3-1-5-16(18)17-6-2-4-8-19(17)20/h1-8,15,20-21H,9-14H2,(H,25,29)(H,26,30)(H,27,28). The minimum Gasteiger partial charge on any atom is -0.481 e. The summed E-state index contributed by atoms with van der Waals surface area (Å²) in [4.78, 5) is 36.1. The molecule has 168 valence electrons. The molecule has 0 saturated carbocycles. The highest BCUT2D eigenvalue weighted by molar-refractivity contribution is 5.89. The zero-order valence-corrected chi connectivity index (χ0v) is 17.6. The molecular formula is C24H26N2O6. The number of hydrogen-bond donors (Lipinski definition) is 3. The summed E-state index contributed by atoms with van der Waals surface area (Å²) in [7, 11) is 0. The van der Waals surface area contributed by atoms with Gasteiger partial charge in [-0.3, -0.25) is 9.59 Å². The quantitative estimate of drug-likeness (QED) is 0.584. The molecule has 1 saturated heterocycles. The Kier molecular flexibility index (Phi) is 6.70. The normalized spacial score (nSPS) is 17.8. The number of aliphatic carboxylic acids is 1. The molecule has 2 atom stereocenters. The summed E-state index contributed by atoms with van der Waals surface area (Å²) in [6.07, 6.45) is -0.515. The Morgan fingerprint density at radius 3 is 2.31 bits per heavy atom. The maximum atomic E-state index is 12.5. The molecule has 4 rings (SSSR count). The number of nitrogens with one attached hydrogen (secondary N) is 2. The van der Waals surface area contributed by atoms with Crippen LogP contribution in [0.3, 0.4) is 0 Å². The second kappa shape index (κ2) is 9.82. The number of benzene rings is 2. The van der Waals surface area contributed by atoms with E-state index >= 15 is 0 Å². The van der Waals surface area contributed by atoms with Crippen LogP contribution in [0.2, 0.25) is 0 Å². The molecule has 1 aliphatic heterocycles. The zero-order valence-electron chi connectivity index (χ0n) is 17.6. The van der Waals surface area contributed by atoms with Gasteiger partial charge in [0.05, 0.1) is 13.0 Å². The third-order valence-corrected chi connectivity index (χ3v) is 5.92. The number of carboxylic acid groups (broad SMARTS) is 1. The number of ether oxygens (including phenoxy) is 2. The van der Waals surface area contributed by atoms with Crippen molar-refractivity contribution >= 4 is 18.0 Å². The summed E-state index contributed by atoms with van der Waals surface area (Å²) in [5.74, 6) is -1.66. The third-order valence-electron chi connectivity index (χ3n) is 5.92. The highest BCUT2D eigenvalue weighted by Crippen LogP contribution is 2.44. The number of carbonyl (C=O) groups is 3. The molecule has 2 unspecified atom stereocenters. The van der Waals surface area contributed by atoms with Crippen molar-refractivity contribution in [3.05, 3.63) is 59.7 Å². The summed E-state index contributed by atoms with van der Waals surface area (Å²) >= 11 is 0. The highest BCUT2D eigenvalue weighted by atomic mass is 16.5. The Morgan fingerprint density at radius 1 is 1.06 bits per heavy atom. The lowest BCUT2D eigenvalue weighted by Crippen LogP contribution is -2.49. The van der Waals surface area contributed by atoms with E-state index in [0.29, 0.717) is 19.8 Å². The van der Waals surface area contributed by atoms with Gasteiger partial charge in [-0.15, -0.1) is 0 Å². The summed E-state index contributed by atoms with van der Waals surface area (Å²) in [5.41, 5.74) is 4.35. The van der Waals surface area contributed by atoms with Crippen molar-refractivity contribution in [3.63, 3.8) is 0 Å². The smallest absolute Gasteiger partial charge is 0.407 e. The van der Waals surface area contributed by atoms with Gasteiger partial charge < -0.3 is 25.2 Å². The summed E-state index contributed by atoms with van der Waals surface area (Å²) < 4.78 is 10.7. The molecule has 8 nitrogen and oxygen atoms in total. The Bertz CT molecular complexity index is 956. The predicted octanol–water partition coefficient (Wildman–Crippen LogP) is 2.52. The average molecular weight is 438 g/mol. The van der Waals surface area contributed by atoms with Crippen LogP contribution in [0.15, 0.2) is 48.5 Å². The van der Waals surface area contributed by atoms with Crippen LogP contribution >= 0.6 is 0 Å². The number of rotatable bonds is 8. The van der Waals surface area contributed by atoms with Gasteiger partial charge in [0, 0.05) is 25.0 Å². The van der Waals surface area contributed by atoms with E-state index in [0.717, 1.165) is 28.7 Å². The van der Waals surface area contributed by atoms with Crippen LogP contribution in [0, 0.1) is 5.92 Å². The van der Waals surface area contributed by atoms with E-state index in [2.05, 4.69) is 10.6 Å². The molecule has 2 amide bonds. The third kappa shape index (κ3) is 4.91. The first kappa shape index (κ1) is 21.8. The molecule has 0 bridgehead atoms. The van der Waals surface area contributed by atoms with Crippen molar-refractivity contribution in [1.82, 2.24) is 10.6 Å². The maximum absolute atomic E-state index is 12.5. The molecule has 32 heavy (non-hydrogen) atoms. The molecule has 0 spiro atoms. The number of amides is 2. The van der Waals surface area contributed by atoms with E-state index in [9.17, 15) is 14.4 Å². The second-order valence-electron chi connectivity index (χ2n) is 8.10. The van der Waals surface area contributed by atoms with Crippen molar-refractivity contribution in [2.75, 3.05) is 26.4 Å². The van der Waals surface area contributed by atoms with Gasteiger partial charge in [0.2, 0.25) is 5.91 Å². The van der Waals surface area contributed by atoms with Crippen LogP contribution in [0.4, 0.5) is 4.79 Å². The van der Waals surface area contributed by atoms with E-state index in [1.165, 1.54) is 0 Å². The first-order chi connectivity index (χ1) is 15.5. The lowest BCUT2D eigenvalue weighted by Gasteiger charge is -2.19. The van der Waals surface area contributed by atoms with Crippen molar-refractivity contribution < 1.29 is 29.0 Å². The fourth-order valence-corrected chi connectivity index (χ4v) is 4.28. The lowest BCUT2D eigenvalue weighted by atomic mass is 9.98. The zero-order chi connectivity index (χ0) is 22.5. The van der Waals surface area contributed by atoms with E-state index < -0.39 is 30.4 Å². The van der Waals surface area contributed by atoms with Crippen molar-refractivity contribution in [2.45, 2.75) is 24.8 Å². The molecule has 1 heterocycles. The second-order valence-corrected chi connectivity index (χ2v) is 8.10. The average Bonchev–Trinajstić information content (AvgIpc) is 3.41. The van der Waals surface area contributed by atoms with Crippen LogP contribution in [-0.4, -0.2) is 55.5 Å². The molecule has 3 N–H and O–H groups in total. The Labute approximate surface area is 185 Å². The van der Waals surface area contributed by atoms with Gasteiger partial charge in [-0.05, 0) is 28.7 Å². The lowest BCUT2D eigenvalue weighted by molar-refractivity contribution is -0.139. The Morgan fingerprint density at radius 2 is 1.72 bits per heavy atom. The monoisotopic (exact) mass is 438 g/mol. The fraction of sp³-hybridized carbons (Fsp3) is 0.375. The van der Waals surface area contributed by atoms with E-state index in [1.54, 1.807) is 0 Å². The summed E-state index contributed by atoms with van der Waals surface area (Å²) in [6.45, 7) is 1.67. The minimum atomic E-state index is -1.22. The Balaban J connectivity index is 1.37. The van der Waals surface area contributed by atoms with Crippen molar-refractivity contribution in [1.29, 1.82) is 0 Å². The predicted molar refractivity (Wildman–Crippen MR) is 116 cm³/mol. The summed E-state index contributed by atoms with van der Waals surface area (Å²) in [5, 5.41) is 14.3. The Hall–Kier alpha value is -3.39. The minimum absolute atomic E-state index is 0.0840.